The van der Waals surface area contributed by atoms with Gasteiger partial charge in [-0.15, -0.1) is 0 Å². The first-order chi connectivity index (χ1) is 17.6. The second-order valence-corrected chi connectivity index (χ2v) is 10.1. The fourth-order valence-corrected chi connectivity index (χ4v) is 5.71. The number of rotatable bonds is 10. The van der Waals surface area contributed by atoms with E-state index in [9.17, 15) is 14.3 Å². The number of benzene rings is 1. The summed E-state index contributed by atoms with van der Waals surface area (Å²) in [5.74, 6) is -0.211. The molecule has 8 heteroatoms. The number of aromatic nitrogens is 1. The highest BCUT2D eigenvalue weighted by atomic mass is 19.1. The van der Waals surface area contributed by atoms with Crippen molar-refractivity contribution in [1.29, 1.82) is 0 Å². The lowest BCUT2D eigenvalue weighted by molar-refractivity contribution is -0.143. The third kappa shape index (κ3) is 5.88. The summed E-state index contributed by atoms with van der Waals surface area (Å²) >= 11 is 0. The number of nitrogens with zero attached hydrogens (tertiary/aromatic N) is 2. The number of hydrogen-bond donors (Lipinski definition) is 2. The van der Waals surface area contributed by atoms with Crippen LogP contribution in [0.25, 0.3) is 0 Å². The molecule has 4 heterocycles. The number of carbonyl (C=O) groups is 1. The number of halogens is 1. The predicted molar refractivity (Wildman–Crippen MR) is 135 cm³/mol. The van der Waals surface area contributed by atoms with E-state index >= 15 is 0 Å². The fraction of sp³-hybridized carbons (Fsp3) is 0.571. The van der Waals surface area contributed by atoms with Crippen LogP contribution in [0.4, 0.5) is 10.2 Å². The van der Waals surface area contributed by atoms with Crippen LogP contribution in [0.2, 0.25) is 0 Å². The molecule has 3 atom stereocenters. The number of aryl methyl sites for hydroxylation is 2. The van der Waals surface area contributed by atoms with E-state index in [0.717, 1.165) is 68.6 Å². The number of unbranched alkanes of at least 4 members (excludes halogenated alkanes) is 1. The highest BCUT2D eigenvalue weighted by Crippen LogP contribution is 2.36. The second-order valence-electron chi connectivity index (χ2n) is 10.1. The highest BCUT2D eigenvalue weighted by molar-refractivity contribution is 5.76. The summed E-state index contributed by atoms with van der Waals surface area (Å²) in [4.78, 5) is 19.0. The van der Waals surface area contributed by atoms with E-state index in [1.165, 1.54) is 17.7 Å². The van der Waals surface area contributed by atoms with Gasteiger partial charge in [0.05, 0.1) is 12.7 Å². The summed E-state index contributed by atoms with van der Waals surface area (Å²) in [6, 6.07) is 7.99. The molecule has 2 saturated heterocycles. The maximum atomic E-state index is 14.2. The largest absolute Gasteiger partial charge is 0.480 e. The number of hydrogen-bond acceptors (Lipinski definition) is 6. The van der Waals surface area contributed by atoms with Gasteiger partial charge in [-0.3, -0.25) is 9.69 Å². The molecule has 194 valence electrons. The molecule has 0 spiro atoms. The van der Waals surface area contributed by atoms with Gasteiger partial charge < -0.3 is 19.9 Å². The first-order valence-corrected chi connectivity index (χ1v) is 13.3. The van der Waals surface area contributed by atoms with Crippen LogP contribution < -0.4 is 5.32 Å². The van der Waals surface area contributed by atoms with Crippen molar-refractivity contribution in [2.24, 2.45) is 0 Å². The number of aliphatic carboxylic acids is 1. The van der Waals surface area contributed by atoms with Crippen LogP contribution in [-0.4, -0.2) is 66.5 Å². The monoisotopic (exact) mass is 497 g/mol. The Morgan fingerprint density at radius 2 is 2.19 bits per heavy atom. The minimum Gasteiger partial charge on any atom is -0.480 e. The van der Waals surface area contributed by atoms with Crippen LogP contribution in [0.15, 0.2) is 30.3 Å². The van der Waals surface area contributed by atoms with Crippen LogP contribution in [-0.2, 0) is 27.1 Å². The molecule has 1 aromatic carbocycles. The van der Waals surface area contributed by atoms with Crippen molar-refractivity contribution in [2.45, 2.75) is 63.0 Å². The van der Waals surface area contributed by atoms with Gasteiger partial charge in [0.25, 0.3) is 0 Å². The summed E-state index contributed by atoms with van der Waals surface area (Å²) in [6.07, 6.45) is 6.70. The molecule has 3 aliphatic heterocycles. The summed E-state index contributed by atoms with van der Waals surface area (Å²) in [5.41, 5.74) is 3.85. The van der Waals surface area contributed by atoms with Crippen molar-refractivity contribution in [3.8, 4) is 0 Å². The van der Waals surface area contributed by atoms with Crippen LogP contribution in [0.3, 0.4) is 0 Å². The van der Waals surface area contributed by atoms with E-state index in [1.54, 1.807) is 6.07 Å². The topological polar surface area (TPSA) is 83.9 Å². The zero-order valence-electron chi connectivity index (χ0n) is 20.8. The summed E-state index contributed by atoms with van der Waals surface area (Å²) < 4.78 is 25.8. The van der Waals surface area contributed by atoms with Gasteiger partial charge in [0.2, 0.25) is 0 Å². The number of carboxylic acids is 1. The van der Waals surface area contributed by atoms with Crippen LogP contribution in [0.5, 0.6) is 0 Å². The van der Waals surface area contributed by atoms with Crippen molar-refractivity contribution in [1.82, 2.24) is 9.88 Å². The molecule has 2 N–H and O–H groups in total. The molecule has 1 aromatic heterocycles. The Labute approximate surface area is 212 Å². The van der Waals surface area contributed by atoms with Crippen molar-refractivity contribution >= 4 is 11.8 Å². The third-order valence-corrected chi connectivity index (χ3v) is 7.62. The third-order valence-electron chi connectivity index (χ3n) is 7.62. The lowest BCUT2D eigenvalue weighted by Crippen LogP contribution is -2.34. The number of nitrogens with one attached hydrogen (secondary N) is 1. The Morgan fingerprint density at radius 3 is 3.03 bits per heavy atom. The molecule has 2 unspecified atom stereocenters. The molecule has 3 aliphatic rings. The number of anilines is 1. The Hall–Kier alpha value is -2.55. The van der Waals surface area contributed by atoms with Crippen LogP contribution >= 0.6 is 0 Å². The Kier molecular flexibility index (Phi) is 8.14. The van der Waals surface area contributed by atoms with E-state index in [4.69, 9.17) is 14.5 Å². The quantitative estimate of drug-likeness (QED) is 0.473. The molecule has 5 rings (SSSR count). The summed E-state index contributed by atoms with van der Waals surface area (Å²) in [6.45, 7) is 3.99. The van der Waals surface area contributed by atoms with E-state index in [2.05, 4.69) is 17.4 Å². The Morgan fingerprint density at radius 1 is 1.28 bits per heavy atom. The van der Waals surface area contributed by atoms with Gasteiger partial charge in [-0.05, 0) is 79.8 Å². The maximum Gasteiger partial charge on any atom is 0.325 e. The van der Waals surface area contributed by atoms with Crippen molar-refractivity contribution in [2.75, 3.05) is 44.8 Å². The molecule has 0 saturated carbocycles. The van der Waals surface area contributed by atoms with Gasteiger partial charge in [0.1, 0.15) is 17.7 Å². The van der Waals surface area contributed by atoms with Crippen molar-refractivity contribution in [3.05, 3.63) is 58.5 Å². The minimum absolute atomic E-state index is 0.00950. The molecule has 0 bridgehead atoms. The number of carboxylic acid groups (broad SMARTS) is 1. The first kappa shape index (κ1) is 25.1. The van der Waals surface area contributed by atoms with Crippen molar-refractivity contribution < 1.29 is 23.8 Å². The highest BCUT2D eigenvalue weighted by Gasteiger charge is 2.36. The average Bonchev–Trinajstić information content (AvgIpc) is 3.57. The lowest BCUT2D eigenvalue weighted by Gasteiger charge is -2.27. The molecule has 36 heavy (non-hydrogen) atoms. The van der Waals surface area contributed by atoms with Gasteiger partial charge >= 0.3 is 5.97 Å². The van der Waals surface area contributed by atoms with E-state index in [-0.39, 0.29) is 12.0 Å². The summed E-state index contributed by atoms with van der Waals surface area (Å²) in [5, 5.41) is 13.5. The average molecular weight is 498 g/mol. The number of fused-ring (bicyclic) bond motifs is 1. The van der Waals surface area contributed by atoms with Gasteiger partial charge in [0.15, 0.2) is 0 Å². The lowest BCUT2D eigenvalue weighted by atomic mass is 9.89. The SMILES string of the molecule is O=C(O)C(c1cc(F)ccc1C1CCOC1)N1CC[C@@H](OCCCCc2ccc3c(n2)NCCC3)C1. The minimum atomic E-state index is -0.951. The zero-order valence-corrected chi connectivity index (χ0v) is 20.8. The standard InChI is InChI=1S/C28H36FN3O4/c29-21-7-9-24(20-11-15-35-18-20)25(16-21)26(28(33)34)32-13-10-23(17-32)36-14-2-1-5-22-8-6-19-4-3-12-30-27(19)31-22/h6-9,16,20,23,26H,1-5,10-15,17-18H2,(H,30,31)(H,33,34)/t20?,23-,26?/m1/s1. The molecule has 0 aliphatic carbocycles. The van der Waals surface area contributed by atoms with E-state index < -0.39 is 17.8 Å². The molecular weight excluding hydrogens is 461 g/mol. The van der Waals surface area contributed by atoms with Gasteiger partial charge in [-0.25, -0.2) is 9.37 Å². The number of ether oxygens (including phenoxy) is 2. The number of likely N-dealkylation sites (tertiary alicyclic amines) is 1. The predicted octanol–water partition coefficient (Wildman–Crippen LogP) is 4.32. The van der Waals surface area contributed by atoms with Gasteiger partial charge in [0, 0.05) is 44.5 Å². The molecule has 2 fully saturated rings. The summed E-state index contributed by atoms with van der Waals surface area (Å²) in [7, 11) is 0. The molecule has 2 aromatic rings. The van der Waals surface area contributed by atoms with E-state index in [1.807, 2.05) is 4.90 Å². The fourth-order valence-electron chi connectivity index (χ4n) is 5.71. The molecule has 0 radical (unpaired) electrons. The normalized spacial score (nSPS) is 22.8. The molecule has 0 amide bonds. The maximum absolute atomic E-state index is 14.2. The number of pyridine rings is 1. The van der Waals surface area contributed by atoms with Gasteiger partial charge in [-0.2, -0.15) is 0 Å². The second kappa shape index (κ2) is 11.7. The van der Waals surface area contributed by atoms with Crippen LogP contribution in [0, 0.1) is 5.82 Å². The van der Waals surface area contributed by atoms with Crippen LogP contribution in [0.1, 0.15) is 66.4 Å². The smallest absolute Gasteiger partial charge is 0.325 e. The first-order valence-electron chi connectivity index (χ1n) is 13.3. The van der Waals surface area contributed by atoms with Crippen molar-refractivity contribution in [3.63, 3.8) is 0 Å². The zero-order chi connectivity index (χ0) is 24.9. The Bertz CT molecular complexity index is 1060. The van der Waals surface area contributed by atoms with E-state index in [0.29, 0.717) is 38.5 Å². The van der Waals surface area contributed by atoms with Gasteiger partial charge in [-0.1, -0.05) is 12.1 Å². The Balaban J connectivity index is 1.12. The molecule has 7 nitrogen and oxygen atoms in total. The molecular formula is C28H36FN3O4.